The molecule has 0 aromatic heterocycles. The fourth-order valence-corrected chi connectivity index (χ4v) is 4.08. The minimum absolute atomic E-state index is 0.0316. The van der Waals surface area contributed by atoms with Gasteiger partial charge in [0.25, 0.3) is 5.96 Å². The molecule has 10 heteroatoms. The van der Waals surface area contributed by atoms with E-state index in [0.717, 1.165) is 22.6 Å². The number of hydrogen-bond acceptors (Lipinski definition) is 7. The molecule has 0 spiro atoms. The van der Waals surface area contributed by atoms with E-state index in [1.165, 1.54) is 0 Å². The number of amidine groups is 1. The molecule has 10 nitrogen and oxygen atoms in total. The van der Waals surface area contributed by atoms with Gasteiger partial charge in [-0.15, -0.1) is 4.99 Å². The van der Waals surface area contributed by atoms with E-state index in [0.29, 0.717) is 17.4 Å². The van der Waals surface area contributed by atoms with Crippen LogP contribution in [0.5, 0.6) is 0 Å². The Hall–Kier alpha value is -4.31. The van der Waals surface area contributed by atoms with E-state index >= 15 is 0 Å². The SMILES string of the molecule is CN(c1cccc(C(N)=O)c1)[N+]12C=CN=CC1=NC(Nc1ccc3c(c1)NC(=O)C3(C)C)=N2. The van der Waals surface area contributed by atoms with Crippen LogP contribution in [0.15, 0.2) is 70.0 Å². The number of amides is 2. The summed E-state index contributed by atoms with van der Waals surface area (Å²) in [5, 5.41) is 12.8. The van der Waals surface area contributed by atoms with Crippen molar-refractivity contribution in [1.82, 2.24) is 0 Å². The van der Waals surface area contributed by atoms with Crippen LogP contribution in [0.3, 0.4) is 0 Å². The number of rotatable bonds is 4. The molecule has 4 N–H and O–H groups in total. The average Bonchev–Trinajstić information content (AvgIpc) is 3.27. The molecule has 166 valence electrons. The van der Waals surface area contributed by atoms with Gasteiger partial charge in [-0.25, -0.2) is 0 Å². The number of nitrogens with one attached hydrogen (secondary N) is 2. The van der Waals surface area contributed by atoms with Crippen LogP contribution in [0.1, 0.15) is 29.8 Å². The van der Waals surface area contributed by atoms with Crippen LogP contribution in [0.4, 0.5) is 17.1 Å². The maximum Gasteiger partial charge on any atom is 0.307 e. The van der Waals surface area contributed by atoms with Crippen molar-refractivity contribution in [2.24, 2.45) is 20.8 Å². The molecular weight excluding hydrogens is 420 g/mol. The zero-order valence-electron chi connectivity index (χ0n) is 18.4. The van der Waals surface area contributed by atoms with Crippen LogP contribution < -0.4 is 21.4 Å². The summed E-state index contributed by atoms with van der Waals surface area (Å²) < 4.78 is -0.0945. The number of hydrogen-bond donors (Lipinski definition) is 3. The van der Waals surface area contributed by atoms with Gasteiger partial charge in [0.15, 0.2) is 6.20 Å². The number of carbonyl (C=O) groups excluding carboxylic acids is 2. The number of guanidine groups is 1. The third-order valence-electron chi connectivity index (χ3n) is 6.08. The van der Waals surface area contributed by atoms with Gasteiger partial charge in [-0.1, -0.05) is 12.1 Å². The molecule has 2 aromatic carbocycles. The molecule has 0 saturated heterocycles. The number of benzene rings is 2. The van der Waals surface area contributed by atoms with Crippen LogP contribution in [-0.4, -0.2) is 41.6 Å². The fraction of sp³-hybridized carbons (Fsp3) is 0.174. The summed E-state index contributed by atoms with van der Waals surface area (Å²) in [4.78, 5) is 32.7. The highest BCUT2D eigenvalue weighted by Gasteiger charge is 2.45. The van der Waals surface area contributed by atoms with Gasteiger partial charge < -0.3 is 16.4 Å². The Morgan fingerprint density at radius 3 is 2.82 bits per heavy atom. The van der Waals surface area contributed by atoms with E-state index in [-0.39, 0.29) is 10.6 Å². The fourth-order valence-electron chi connectivity index (χ4n) is 4.08. The van der Waals surface area contributed by atoms with Gasteiger partial charge in [-0.05, 0) is 59.5 Å². The van der Waals surface area contributed by atoms with Crippen molar-refractivity contribution in [2.45, 2.75) is 19.3 Å². The summed E-state index contributed by atoms with van der Waals surface area (Å²) >= 11 is 0. The lowest BCUT2D eigenvalue weighted by Crippen LogP contribution is -2.55. The lowest BCUT2D eigenvalue weighted by Gasteiger charge is -2.33. The Morgan fingerprint density at radius 2 is 2.03 bits per heavy atom. The Bertz CT molecular complexity index is 1320. The monoisotopic (exact) mass is 443 g/mol. The molecule has 5 rings (SSSR count). The first-order chi connectivity index (χ1) is 15.7. The van der Waals surface area contributed by atoms with Crippen LogP contribution in [0.2, 0.25) is 0 Å². The van der Waals surface area contributed by atoms with Gasteiger partial charge in [0.05, 0.1) is 24.4 Å². The zero-order valence-corrected chi connectivity index (χ0v) is 18.4. The van der Waals surface area contributed by atoms with E-state index in [2.05, 4.69) is 20.6 Å². The smallest absolute Gasteiger partial charge is 0.307 e. The Kier molecular flexibility index (Phi) is 4.43. The number of aliphatic imine (C=N–C) groups is 2. The highest BCUT2D eigenvalue weighted by molar-refractivity contribution is 6.31. The maximum absolute atomic E-state index is 12.3. The minimum Gasteiger partial charge on any atom is -0.366 e. The predicted octanol–water partition coefficient (Wildman–Crippen LogP) is 2.53. The van der Waals surface area contributed by atoms with Crippen molar-refractivity contribution in [3.8, 4) is 0 Å². The summed E-state index contributed by atoms with van der Waals surface area (Å²) in [7, 11) is 1.85. The number of nitrogens with two attached hydrogens (primary N) is 1. The second kappa shape index (κ2) is 7.10. The number of nitrogens with zero attached hydrogens (tertiary/aromatic N) is 5. The normalized spacial score (nSPS) is 21.6. The van der Waals surface area contributed by atoms with E-state index in [1.54, 1.807) is 36.8 Å². The number of quaternary nitrogens is 1. The largest absolute Gasteiger partial charge is 0.366 e. The van der Waals surface area contributed by atoms with Crippen molar-refractivity contribution in [2.75, 3.05) is 22.7 Å². The summed E-state index contributed by atoms with van der Waals surface area (Å²) in [6.07, 6.45) is 5.07. The molecular formula is C23H23N8O2+. The molecule has 0 fully saturated rings. The molecule has 2 amide bonds. The number of carbonyl (C=O) groups is 2. The lowest BCUT2D eigenvalue weighted by atomic mass is 9.86. The van der Waals surface area contributed by atoms with E-state index in [9.17, 15) is 9.59 Å². The van der Waals surface area contributed by atoms with Gasteiger partial charge in [-0.3, -0.25) is 14.6 Å². The standard InChI is InChI=1S/C23H22N8O2/c1-23(2)17-8-7-15(12-18(17)27-21(23)33)26-22-28-19-13-25-9-10-31(19,29-22)30(3)16-6-4-5-14(11-16)20(24)32/h4-13H,1-3H3,(H3-,24,26,27,29,32,33)/p+1. The van der Waals surface area contributed by atoms with Gasteiger partial charge in [0.2, 0.25) is 11.8 Å². The Balaban J connectivity index is 1.48. The van der Waals surface area contributed by atoms with Crippen molar-refractivity contribution >= 4 is 46.9 Å². The average molecular weight is 443 g/mol. The van der Waals surface area contributed by atoms with Gasteiger partial charge in [0.1, 0.15) is 6.21 Å². The summed E-state index contributed by atoms with van der Waals surface area (Å²) in [6.45, 7) is 3.80. The second-order valence-electron chi connectivity index (χ2n) is 8.52. The number of anilines is 3. The molecule has 1 atom stereocenters. The predicted molar refractivity (Wildman–Crippen MR) is 128 cm³/mol. The summed E-state index contributed by atoms with van der Waals surface area (Å²) in [5.41, 5.74) is 8.47. The van der Waals surface area contributed by atoms with Crippen molar-refractivity contribution in [3.05, 3.63) is 66.0 Å². The maximum atomic E-state index is 12.3. The molecule has 0 bridgehead atoms. The van der Waals surface area contributed by atoms with Crippen LogP contribution in [0, 0.1) is 0 Å². The lowest BCUT2D eigenvalue weighted by molar-refractivity contribution is -0.798. The highest BCUT2D eigenvalue weighted by Crippen LogP contribution is 2.39. The van der Waals surface area contributed by atoms with Crippen molar-refractivity contribution < 1.29 is 14.3 Å². The summed E-state index contributed by atoms with van der Waals surface area (Å²) in [5.74, 6) is 0.414. The van der Waals surface area contributed by atoms with Crippen LogP contribution in [0.25, 0.3) is 0 Å². The zero-order chi connectivity index (χ0) is 23.4. The second-order valence-corrected chi connectivity index (χ2v) is 8.52. The number of fused-ring (bicyclic) bond motifs is 2. The molecule has 3 aliphatic heterocycles. The molecule has 0 saturated carbocycles. The molecule has 0 radical (unpaired) electrons. The highest BCUT2D eigenvalue weighted by atomic mass is 16.2. The van der Waals surface area contributed by atoms with Gasteiger partial charge >= 0.3 is 5.84 Å². The third-order valence-corrected chi connectivity index (χ3v) is 6.08. The van der Waals surface area contributed by atoms with Crippen LogP contribution in [-0.2, 0) is 10.2 Å². The quantitative estimate of drug-likeness (QED) is 0.628. The molecule has 0 aliphatic carbocycles. The summed E-state index contributed by atoms with van der Waals surface area (Å²) in [6, 6.07) is 12.7. The minimum atomic E-state index is -0.571. The molecule has 3 heterocycles. The Morgan fingerprint density at radius 1 is 1.21 bits per heavy atom. The first-order valence-electron chi connectivity index (χ1n) is 10.4. The first-order valence-corrected chi connectivity index (χ1v) is 10.4. The van der Waals surface area contributed by atoms with Gasteiger partial charge in [0, 0.05) is 16.9 Å². The number of primary amides is 1. The van der Waals surface area contributed by atoms with Crippen LogP contribution >= 0.6 is 0 Å². The molecule has 2 aromatic rings. The van der Waals surface area contributed by atoms with E-state index in [1.807, 2.05) is 50.2 Å². The van der Waals surface area contributed by atoms with Crippen molar-refractivity contribution in [3.63, 3.8) is 0 Å². The molecule has 1 unspecified atom stereocenters. The Labute approximate surface area is 190 Å². The topological polar surface area (TPSA) is 125 Å². The van der Waals surface area contributed by atoms with Gasteiger partial charge in [-0.2, -0.15) is 5.01 Å². The molecule has 33 heavy (non-hydrogen) atoms. The molecule has 3 aliphatic rings. The van der Waals surface area contributed by atoms with E-state index < -0.39 is 11.3 Å². The first kappa shape index (κ1) is 20.6. The van der Waals surface area contributed by atoms with Crippen molar-refractivity contribution in [1.29, 1.82) is 0 Å². The van der Waals surface area contributed by atoms with E-state index in [4.69, 9.17) is 10.8 Å². The third kappa shape index (κ3) is 3.19.